The Morgan fingerprint density at radius 1 is 1.43 bits per heavy atom. The minimum Gasteiger partial charge on any atom is -0.314 e. The number of pyridine rings is 1. The van der Waals surface area contributed by atoms with Crippen molar-refractivity contribution in [2.45, 2.75) is 32.7 Å². The highest BCUT2D eigenvalue weighted by atomic mass is 79.9. The first-order chi connectivity index (χ1) is 6.65. The Balaban J connectivity index is 2.68. The summed E-state index contributed by atoms with van der Waals surface area (Å²) in [5.74, 6) is 0.447. The van der Waals surface area contributed by atoms with Crippen LogP contribution in [0.25, 0.3) is 0 Å². The lowest BCUT2D eigenvalue weighted by Gasteiger charge is -2.20. The van der Waals surface area contributed by atoms with Crippen molar-refractivity contribution in [3.8, 4) is 0 Å². The Kier molecular flexibility index (Phi) is 4.55. The van der Waals surface area contributed by atoms with Crippen LogP contribution in [-0.4, -0.2) is 17.6 Å². The van der Waals surface area contributed by atoms with Crippen LogP contribution in [0.5, 0.6) is 0 Å². The number of nitrogens with one attached hydrogen (secondary N) is 1. The summed E-state index contributed by atoms with van der Waals surface area (Å²) in [5, 5.41) is 3.41. The molecule has 1 rings (SSSR count). The van der Waals surface area contributed by atoms with Crippen LogP contribution in [0.15, 0.2) is 22.8 Å². The summed E-state index contributed by atoms with van der Waals surface area (Å²) in [7, 11) is 0. The molecule has 1 aromatic heterocycles. The first kappa shape index (κ1) is 11.7. The van der Waals surface area contributed by atoms with Gasteiger partial charge in [0.2, 0.25) is 0 Å². The van der Waals surface area contributed by atoms with Crippen LogP contribution in [0, 0.1) is 0 Å². The smallest absolute Gasteiger partial charge is 0.0448 e. The summed E-state index contributed by atoms with van der Waals surface area (Å²) in [5.41, 5.74) is 1.14. The van der Waals surface area contributed by atoms with E-state index in [-0.39, 0.29) is 0 Å². The molecule has 0 aromatic carbocycles. The fourth-order valence-electron chi connectivity index (χ4n) is 1.41. The largest absolute Gasteiger partial charge is 0.314 e. The monoisotopic (exact) mass is 256 g/mol. The molecule has 0 aliphatic heterocycles. The first-order valence-electron chi connectivity index (χ1n) is 5.00. The van der Waals surface area contributed by atoms with E-state index in [1.807, 2.05) is 12.3 Å². The van der Waals surface area contributed by atoms with Crippen molar-refractivity contribution in [3.05, 3.63) is 28.5 Å². The Labute approximate surface area is 94.3 Å². The summed E-state index contributed by atoms with van der Waals surface area (Å²) in [6.45, 7) is 7.52. The quantitative estimate of drug-likeness (QED) is 0.897. The molecule has 0 spiro atoms. The third-order valence-corrected chi connectivity index (χ3v) is 2.96. The number of rotatable bonds is 4. The molecule has 2 nitrogen and oxygen atoms in total. The Morgan fingerprint density at radius 3 is 2.64 bits per heavy atom. The maximum Gasteiger partial charge on any atom is 0.0448 e. The lowest BCUT2D eigenvalue weighted by Crippen LogP contribution is -2.30. The van der Waals surface area contributed by atoms with E-state index in [4.69, 9.17) is 0 Å². The number of aromatic nitrogens is 1. The number of likely N-dealkylation sites (N-methyl/N-ethyl adjacent to an activating group) is 1. The molecule has 0 saturated carbocycles. The van der Waals surface area contributed by atoms with Crippen LogP contribution >= 0.6 is 15.9 Å². The van der Waals surface area contributed by atoms with Gasteiger partial charge in [-0.2, -0.15) is 0 Å². The van der Waals surface area contributed by atoms with Crippen molar-refractivity contribution < 1.29 is 0 Å². The second-order valence-corrected chi connectivity index (χ2v) is 4.45. The van der Waals surface area contributed by atoms with Gasteiger partial charge in [-0.3, -0.25) is 4.98 Å². The second kappa shape index (κ2) is 5.47. The van der Waals surface area contributed by atoms with E-state index in [0.717, 1.165) is 16.7 Å². The number of nitrogens with zero attached hydrogens (tertiary/aromatic N) is 1. The van der Waals surface area contributed by atoms with Crippen molar-refractivity contribution in [1.29, 1.82) is 0 Å². The fraction of sp³-hybridized carbons (Fsp3) is 0.545. The molecule has 0 aliphatic carbocycles. The van der Waals surface area contributed by atoms with Crippen molar-refractivity contribution in [2.75, 3.05) is 6.54 Å². The Hall–Kier alpha value is -0.410. The van der Waals surface area contributed by atoms with Gasteiger partial charge in [-0.15, -0.1) is 0 Å². The molecule has 1 heterocycles. The zero-order chi connectivity index (χ0) is 10.6. The molecule has 0 bridgehead atoms. The molecular formula is C11H17BrN2. The van der Waals surface area contributed by atoms with E-state index in [9.17, 15) is 0 Å². The number of hydrogen-bond acceptors (Lipinski definition) is 2. The van der Waals surface area contributed by atoms with Gasteiger partial charge in [-0.25, -0.2) is 0 Å². The lowest BCUT2D eigenvalue weighted by atomic mass is 9.99. The van der Waals surface area contributed by atoms with E-state index in [1.165, 1.54) is 0 Å². The van der Waals surface area contributed by atoms with E-state index < -0.39 is 0 Å². The molecule has 1 N–H and O–H groups in total. The van der Waals surface area contributed by atoms with E-state index in [0.29, 0.717) is 12.0 Å². The molecule has 2 atom stereocenters. The van der Waals surface area contributed by atoms with E-state index in [2.05, 4.69) is 53.1 Å². The molecular weight excluding hydrogens is 240 g/mol. The number of halogens is 1. The van der Waals surface area contributed by atoms with Gasteiger partial charge in [0.25, 0.3) is 0 Å². The van der Waals surface area contributed by atoms with Gasteiger partial charge in [0.1, 0.15) is 0 Å². The molecule has 14 heavy (non-hydrogen) atoms. The van der Waals surface area contributed by atoms with E-state index in [1.54, 1.807) is 0 Å². The van der Waals surface area contributed by atoms with Gasteiger partial charge >= 0.3 is 0 Å². The van der Waals surface area contributed by atoms with Gasteiger partial charge in [-0.05, 0) is 41.5 Å². The molecule has 2 unspecified atom stereocenters. The molecule has 0 amide bonds. The standard InChI is InChI=1S/C11H17BrN2/c1-4-13-9(3)8(2)11-6-5-10(12)7-14-11/h5-9,13H,4H2,1-3H3. The zero-order valence-corrected chi connectivity index (χ0v) is 10.5. The summed E-state index contributed by atoms with van der Waals surface area (Å²) >= 11 is 3.38. The lowest BCUT2D eigenvalue weighted by molar-refractivity contribution is 0.487. The second-order valence-electron chi connectivity index (χ2n) is 3.54. The minimum atomic E-state index is 0.447. The summed E-state index contributed by atoms with van der Waals surface area (Å²) in [6, 6.07) is 4.58. The summed E-state index contributed by atoms with van der Waals surface area (Å²) in [4.78, 5) is 4.39. The van der Waals surface area contributed by atoms with Gasteiger partial charge in [0, 0.05) is 28.3 Å². The maximum absolute atomic E-state index is 4.39. The van der Waals surface area contributed by atoms with Crippen LogP contribution < -0.4 is 5.32 Å². The average Bonchev–Trinajstić information content (AvgIpc) is 2.18. The Bertz CT molecular complexity index is 271. The normalized spacial score (nSPS) is 15.1. The fourth-order valence-corrected chi connectivity index (χ4v) is 1.65. The predicted molar refractivity (Wildman–Crippen MR) is 63.5 cm³/mol. The molecule has 0 aliphatic rings. The Morgan fingerprint density at radius 2 is 2.14 bits per heavy atom. The van der Waals surface area contributed by atoms with Gasteiger partial charge < -0.3 is 5.32 Å². The van der Waals surface area contributed by atoms with Crippen LogP contribution in [0.4, 0.5) is 0 Å². The number of hydrogen-bond donors (Lipinski definition) is 1. The van der Waals surface area contributed by atoms with Crippen molar-refractivity contribution in [2.24, 2.45) is 0 Å². The molecule has 1 aromatic rings. The van der Waals surface area contributed by atoms with Crippen LogP contribution in [0.2, 0.25) is 0 Å². The highest BCUT2D eigenvalue weighted by Gasteiger charge is 2.13. The molecule has 0 radical (unpaired) electrons. The average molecular weight is 257 g/mol. The van der Waals surface area contributed by atoms with Gasteiger partial charge in [0.15, 0.2) is 0 Å². The van der Waals surface area contributed by atoms with Crippen LogP contribution in [-0.2, 0) is 0 Å². The molecule has 0 saturated heterocycles. The maximum atomic E-state index is 4.39. The van der Waals surface area contributed by atoms with Crippen LogP contribution in [0.3, 0.4) is 0 Å². The summed E-state index contributed by atoms with van der Waals surface area (Å²) < 4.78 is 1.03. The third-order valence-electron chi connectivity index (χ3n) is 2.49. The van der Waals surface area contributed by atoms with Crippen molar-refractivity contribution in [1.82, 2.24) is 10.3 Å². The SMILES string of the molecule is CCNC(C)C(C)c1ccc(Br)cn1. The zero-order valence-electron chi connectivity index (χ0n) is 8.92. The minimum absolute atomic E-state index is 0.447. The molecule has 0 fully saturated rings. The molecule has 3 heteroatoms. The topological polar surface area (TPSA) is 24.9 Å². The highest BCUT2D eigenvalue weighted by molar-refractivity contribution is 9.10. The highest BCUT2D eigenvalue weighted by Crippen LogP contribution is 2.18. The van der Waals surface area contributed by atoms with Gasteiger partial charge in [-0.1, -0.05) is 13.8 Å². The van der Waals surface area contributed by atoms with E-state index >= 15 is 0 Å². The van der Waals surface area contributed by atoms with Crippen LogP contribution in [0.1, 0.15) is 32.4 Å². The van der Waals surface area contributed by atoms with Crippen molar-refractivity contribution in [3.63, 3.8) is 0 Å². The first-order valence-corrected chi connectivity index (χ1v) is 5.79. The van der Waals surface area contributed by atoms with Gasteiger partial charge in [0.05, 0.1) is 0 Å². The molecule has 78 valence electrons. The summed E-state index contributed by atoms with van der Waals surface area (Å²) in [6.07, 6.45) is 1.85. The predicted octanol–water partition coefficient (Wildman–Crippen LogP) is 2.95. The third kappa shape index (κ3) is 3.07. The van der Waals surface area contributed by atoms with Crippen molar-refractivity contribution >= 4 is 15.9 Å².